The number of nitrogens with one attached hydrogen (secondary N) is 1. The van der Waals surface area contributed by atoms with Crippen molar-refractivity contribution in [3.8, 4) is 0 Å². The minimum absolute atomic E-state index is 0.000884. The van der Waals surface area contributed by atoms with Gasteiger partial charge in [-0.25, -0.2) is 13.2 Å². The number of carbonyl (C=O) groups is 1. The molecule has 2 rings (SSSR count). The van der Waals surface area contributed by atoms with Crippen LogP contribution in [0.5, 0.6) is 0 Å². The van der Waals surface area contributed by atoms with Crippen LogP contribution in [0.25, 0.3) is 0 Å². The Hall–Kier alpha value is -2.34. The smallest absolute Gasteiger partial charge is 0.307 e. The second-order valence-electron chi connectivity index (χ2n) is 5.63. The van der Waals surface area contributed by atoms with Gasteiger partial charge >= 0.3 is 5.97 Å². The standard InChI is InChI=1S/C19H20F3NO2/c1-2-25-19(24)10-15(23-12-13-6-4-3-5-7-13)8-14-9-17(21)18(22)11-16(14)20/h3-7,9,11,15,23H,2,8,10,12H2,1H3. The number of halogens is 3. The van der Waals surface area contributed by atoms with Gasteiger partial charge in [0.15, 0.2) is 11.6 Å². The molecule has 0 saturated heterocycles. The van der Waals surface area contributed by atoms with Crippen molar-refractivity contribution >= 4 is 5.97 Å². The Kier molecular flexibility index (Phi) is 7.01. The molecule has 1 atom stereocenters. The van der Waals surface area contributed by atoms with Crippen molar-refractivity contribution in [2.45, 2.75) is 32.4 Å². The van der Waals surface area contributed by atoms with E-state index >= 15 is 0 Å². The molecule has 6 heteroatoms. The lowest BCUT2D eigenvalue weighted by molar-refractivity contribution is -0.143. The lowest BCUT2D eigenvalue weighted by atomic mass is 10.0. The monoisotopic (exact) mass is 351 g/mol. The van der Waals surface area contributed by atoms with E-state index in [0.717, 1.165) is 11.6 Å². The second kappa shape index (κ2) is 9.22. The van der Waals surface area contributed by atoms with Gasteiger partial charge in [0.2, 0.25) is 0 Å². The number of hydrogen-bond donors (Lipinski definition) is 1. The van der Waals surface area contributed by atoms with Crippen LogP contribution in [0.1, 0.15) is 24.5 Å². The van der Waals surface area contributed by atoms with E-state index in [4.69, 9.17) is 4.74 Å². The number of ether oxygens (including phenoxy) is 1. The van der Waals surface area contributed by atoms with Crippen molar-refractivity contribution in [3.63, 3.8) is 0 Å². The highest BCUT2D eigenvalue weighted by Crippen LogP contribution is 2.17. The highest BCUT2D eigenvalue weighted by molar-refractivity contribution is 5.70. The maximum absolute atomic E-state index is 13.9. The molecule has 0 bridgehead atoms. The Balaban J connectivity index is 2.10. The van der Waals surface area contributed by atoms with Crippen LogP contribution in [0, 0.1) is 17.5 Å². The molecule has 25 heavy (non-hydrogen) atoms. The predicted molar refractivity (Wildman–Crippen MR) is 88.3 cm³/mol. The first-order valence-corrected chi connectivity index (χ1v) is 8.06. The van der Waals surface area contributed by atoms with Gasteiger partial charge < -0.3 is 10.1 Å². The van der Waals surface area contributed by atoms with Gasteiger partial charge in [-0.05, 0) is 30.5 Å². The SMILES string of the molecule is CCOC(=O)CC(Cc1cc(F)c(F)cc1F)NCc1ccccc1. The molecule has 0 heterocycles. The largest absolute Gasteiger partial charge is 0.466 e. The van der Waals surface area contributed by atoms with Crippen molar-refractivity contribution in [1.82, 2.24) is 5.32 Å². The second-order valence-corrected chi connectivity index (χ2v) is 5.63. The van der Waals surface area contributed by atoms with Crippen molar-refractivity contribution in [2.24, 2.45) is 0 Å². The Labute approximate surface area is 144 Å². The molecule has 0 saturated carbocycles. The van der Waals surface area contributed by atoms with Gasteiger partial charge in [-0.1, -0.05) is 30.3 Å². The van der Waals surface area contributed by atoms with Crippen LogP contribution >= 0.6 is 0 Å². The molecule has 3 nitrogen and oxygen atoms in total. The molecular weight excluding hydrogens is 331 g/mol. The van der Waals surface area contributed by atoms with Gasteiger partial charge in [0.05, 0.1) is 13.0 Å². The summed E-state index contributed by atoms with van der Waals surface area (Å²) >= 11 is 0. The van der Waals surface area contributed by atoms with Crippen LogP contribution in [0.4, 0.5) is 13.2 Å². The Morgan fingerprint density at radius 2 is 1.76 bits per heavy atom. The Morgan fingerprint density at radius 3 is 2.44 bits per heavy atom. The maximum Gasteiger partial charge on any atom is 0.307 e. The summed E-state index contributed by atoms with van der Waals surface area (Å²) in [6.45, 7) is 2.39. The first-order valence-electron chi connectivity index (χ1n) is 8.06. The molecule has 0 aliphatic heterocycles. The molecular formula is C19H20F3NO2. The Morgan fingerprint density at radius 1 is 1.08 bits per heavy atom. The number of rotatable bonds is 8. The average Bonchev–Trinajstić information content (AvgIpc) is 2.58. The van der Waals surface area contributed by atoms with E-state index in [0.29, 0.717) is 12.6 Å². The summed E-state index contributed by atoms with van der Waals surface area (Å²) in [5, 5.41) is 3.15. The van der Waals surface area contributed by atoms with Crippen LogP contribution in [0.3, 0.4) is 0 Å². The summed E-state index contributed by atoms with van der Waals surface area (Å²) in [5.74, 6) is -3.62. The minimum Gasteiger partial charge on any atom is -0.466 e. The topological polar surface area (TPSA) is 38.3 Å². The summed E-state index contributed by atoms with van der Waals surface area (Å²) in [6.07, 6.45) is 0.0355. The van der Waals surface area contributed by atoms with Crippen molar-refractivity contribution < 1.29 is 22.7 Å². The van der Waals surface area contributed by atoms with Crippen molar-refractivity contribution in [1.29, 1.82) is 0 Å². The molecule has 1 N–H and O–H groups in total. The molecule has 0 spiro atoms. The molecule has 134 valence electrons. The number of esters is 1. The van der Waals surface area contributed by atoms with Gasteiger partial charge in [-0.15, -0.1) is 0 Å². The van der Waals surface area contributed by atoms with E-state index in [-0.39, 0.29) is 25.0 Å². The van der Waals surface area contributed by atoms with Gasteiger partial charge in [0, 0.05) is 18.7 Å². The minimum atomic E-state index is -1.24. The summed E-state index contributed by atoms with van der Waals surface area (Å²) < 4.78 is 45.3. The van der Waals surface area contributed by atoms with E-state index in [9.17, 15) is 18.0 Å². The first-order chi connectivity index (χ1) is 12.0. The third-order valence-electron chi connectivity index (χ3n) is 3.71. The van der Waals surface area contributed by atoms with Crippen LogP contribution in [-0.2, 0) is 22.5 Å². The third-order valence-corrected chi connectivity index (χ3v) is 3.71. The van der Waals surface area contributed by atoms with E-state index in [1.165, 1.54) is 0 Å². The van der Waals surface area contributed by atoms with Crippen molar-refractivity contribution in [3.05, 3.63) is 71.0 Å². The number of hydrogen-bond acceptors (Lipinski definition) is 3. The fraction of sp³-hybridized carbons (Fsp3) is 0.316. The molecule has 1 unspecified atom stereocenters. The molecule has 0 aromatic heterocycles. The van der Waals surface area contributed by atoms with Crippen molar-refractivity contribution in [2.75, 3.05) is 6.61 Å². The van der Waals surface area contributed by atoms with Crippen LogP contribution in [0.2, 0.25) is 0 Å². The molecule has 0 radical (unpaired) electrons. The lowest BCUT2D eigenvalue weighted by Crippen LogP contribution is -2.34. The van der Waals surface area contributed by atoms with Gasteiger partial charge in [0.25, 0.3) is 0 Å². The van der Waals surface area contributed by atoms with Gasteiger partial charge in [-0.3, -0.25) is 4.79 Å². The van der Waals surface area contributed by atoms with E-state index in [1.807, 2.05) is 30.3 Å². The predicted octanol–water partition coefficient (Wildman–Crippen LogP) is 3.76. The molecule has 0 aliphatic carbocycles. The van der Waals surface area contributed by atoms with Crippen LogP contribution in [0.15, 0.2) is 42.5 Å². The van der Waals surface area contributed by atoms with Crippen LogP contribution < -0.4 is 5.32 Å². The maximum atomic E-state index is 13.9. The highest BCUT2D eigenvalue weighted by atomic mass is 19.2. The molecule has 0 aliphatic rings. The average molecular weight is 351 g/mol. The lowest BCUT2D eigenvalue weighted by Gasteiger charge is -2.19. The van der Waals surface area contributed by atoms with Crippen LogP contribution in [-0.4, -0.2) is 18.6 Å². The van der Waals surface area contributed by atoms with Gasteiger partial charge in [0.1, 0.15) is 5.82 Å². The molecule has 2 aromatic carbocycles. The van der Waals surface area contributed by atoms with E-state index < -0.39 is 29.5 Å². The number of carbonyl (C=O) groups excluding carboxylic acids is 1. The normalized spacial score (nSPS) is 12.0. The summed E-state index contributed by atoms with van der Waals surface area (Å²) in [5.41, 5.74) is 0.996. The molecule has 0 amide bonds. The summed E-state index contributed by atoms with van der Waals surface area (Å²) in [6, 6.07) is 10.3. The first kappa shape index (κ1) is 19.0. The summed E-state index contributed by atoms with van der Waals surface area (Å²) in [7, 11) is 0. The highest BCUT2D eigenvalue weighted by Gasteiger charge is 2.19. The quantitative estimate of drug-likeness (QED) is 0.581. The zero-order valence-corrected chi connectivity index (χ0v) is 13.9. The van der Waals surface area contributed by atoms with E-state index in [1.54, 1.807) is 6.92 Å². The zero-order valence-electron chi connectivity index (χ0n) is 13.9. The number of benzene rings is 2. The molecule has 0 fully saturated rings. The molecule has 2 aromatic rings. The fourth-order valence-corrected chi connectivity index (χ4v) is 2.48. The fourth-order valence-electron chi connectivity index (χ4n) is 2.48. The van der Waals surface area contributed by atoms with Gasteiger partial charge in [-0.2, -0.15) is 0 Å². The van der Waals surface area contributed by atoms with E-state index in [2.05, 4.69) is 5.32 Å². The third kappa shape index (κ3) is 5.90. The summed E-state index contributed by atoms with van der Waals surface area (Å²) in [4.78, 5) is 11.8. The Bertz CT molecular complexity index is 707. The zero-order chi connectivity index (χ0) is 18.2.